The van der Waals surface area contributed by atoms with Gasteiger partial charge in [0.25, 0.3) is 5.91 Å². The maximum atomic E-state index is 13.2. The van der Waals surface area contributed by atoms with E-state index in [0.29, 0.717) is 17.9 Å². The van der Waals surface area contributed by atoms with Crippen molar-refractivity contribution >= 4 is 28.6 Å². The van der Waals surface area contributed by atoms with Crippen molar-refractivity contribution in [2.75, 3.05) is 53.0 Å². The lowest BCUT2D eigenvalue weighted by Gasteiger charge is -2.34. The minimum Gasteiger partial charge on any atom is -0.493 e. The Kier molecular flexibility index (Phi) is 8.82. The summed E-state index contributed by atoms with van der Waals surface area (Å²) in [7, 11) is 1.68. The highest BCUT2D eigenvalue weighted by Crippen LogP contribution is 2.37. The molecule has 1 amide bonds. The zero-order valence-corrected chi connectivity index (χ0v) is 24.3. The van der Waals surface area contributed by atoms with E-state index in [4.69, 9.17) is 9.47 Å². The Balaban J connectivity index is 0.952. The molecule has 3 heterocycles. The van der Waals surface area contributed by atoms with Crippen LogP contribution in [-0.2, 0) is 6.54 Å². The van der Waals surface area contributed by atoms with E-state index in [1.165, 1.54) is 24.9 Å². The molecule has 3 aliphatic heterocycles. The first-order valence-electron chi connectivity index (χ1n) is 15.3. The van der Waals surface area contributed by atoms with Crippen LogP contribution in [0.2, 0.25) is 0 Å². The number of nitrogens with zero attached hydrogens (tertiary/aromatic N) is 4. The molecule has 0 aliphatic carbocycles. The standard InChI is InChI=1S/C34H42N4O3/c1-40-32-22-28-21-31-30(34(39)38-14-9-12-29(38)24-35-31)20-27(28)23-33(32)41-19-8-3-2-7-13-36-15-17-37(18-16-36)25-26-10-5-4-6-11-26/h4-6,10-11,20-24,29H,2-3,7-9,12-19,25H2,1H3/t29-/m0/s1. The van der Waals surface area contributed by atoms with Gasteiger partial charge in [-0.2, -0.15) is 0 Å². The summed E-state index contributed by atoms with van der Waals surface area (Å²) in [6.45, 7) is 8.33. The average molecular weight is 555 g/mol. The number of amides is 1. The second-order valence-corrected chi connectivity index (χ2v) is 11.6. The summed E-state index contributed by atoms with van der Waals surface area (Å²) < 4.78 is 11.9. The Hall–Kier alpha value is -3.42. The number of hydrogen-bond acceptors (Lipinski definition) is 6. The molecule has 41 heavy (non-hydrogen) atoms. The van der Waals surface area contributed by atoms with Gasteiger partial charge >= 0.3 is 0 Å². The number of piperazine rings is 1. The third-order valence-electron chi connectivity index (χ3n) is 8.75. The highest BCUT2D eigenvalue weighted by molar-refractivity contribution is 6.07. The van der Waals surface area contributed by atoms with Crippen LogP contribution in [0.4, 0.5) is 5.69 Å². The van der Waals surface area contributed by atoms with Gasteiger partial charge in [0.1, 0.15) is 0 Å². The van der Waals surface area contributed by atoms with E-state index >= 15 is 0 Å². The topological polar surface area (TPSA) is 57.6 Å². The third-order valence-corrected chi connectivity index (χ3v) is 8.75. The van der Waals surface area contributed by atoms with E-state index < -0.39 is 0 Å². The van der Waals surface area contributed by atoms with E-state index in [9.17, 15) is 4.79 Å². The highest BCUT2D eigenvalue weighted by atomic mass is 16.5. The summed E-state index contributed by atoms with van der Waals surface area (Å²) in [4.78, 5) is 25.0. The predicted molar refractivity (Wildman–Crippen MR) is 165 cm³/mol. The summed E-state index contributed by atoms with van der Waals surface area (Å²) in [6.07, 6.45) is 8.57. The predicted octanol–water partition coefficient (Wildman–Crippen LogP) is 5.93. The molecular weight excluding hydrogens is 512 g/mol. The van der Waals surface area contributed by atoms with E-state index in [-0.39, 0.29) is 11.9 Å². The van der Waals surface area contributed by atoms with E-state index in [1.807, 2.05) is 35.4 Å². The Morgan fingerprint density at radius 2 is 1.61 bits per heavy atom. The van der Waals surface area contributed by atoms with Crippen molar-refractivity contribution in [3.63, 3.8) is 0 Å². The zero-order valence-electron chi connectivity index (χ0n) is 24.3. The van der Waals surface area contributed by atoms with Crippen molar-refractivity contribution in [2.45, 2.75) is 51.1 Å². The van der Waals surface area contributed by atoms with Crippen LogP contribution in [0, 0.1) is 0 Å². The second-order valence-electron chi connectivity index (χ2n) is 11.6. The highest BCUT2D eigenvalue weighted by Gasteiger charge is 2.31. The van der Waals surface area contributed by atoms with Gasteiger partial charge in [-0.25, -0.2) is 0 Å². The molecule has 1 atom stereocenters. The molecule has 7 heteroatoms. The Bertz CT molecular complexity index is 1370. The van der Waals surface area contributed by atoms with Crippen molar-refractivity contribution in [1.29, 1.82) is 0 Å². The zero-order chi connectivity index (χ0) is 28.0. The summed E-state index contributed by atoms with van der Waals surface area (Å²) in [5, 5.41) is 1.98. The first kappa shape index (κ1) is 27.7. The molecule has 0 N–H and O–H groups in total. The summed E-state index contributed by atoms with van der Waals surface area (Å²) >= 11 is 0. The number of carbonyl (C=O) groups excluding carboxylic acids is 1. The van der Waals surface area contributed by atoms with Gasteiger partial charge in [-0.05, 0) is 72.8 Å². The minimum atomic E-state index is 0.0780. The fourth-order valence-electron chi connectivity index (χ4n) is 6.35. The molecule has 0 spiro atoms. The lowest BCUT2D eigenvalue weighted by Crippen LogP contribution is -2.46. The molecule has 0 bridgehead atoms. The molecule has 7 nitrogen and oxygen atoms in total. The summed E-state index contributed by atoms with van der Waals surface area (Å²) in [5.74, 6) is 1.53. The monoisotopic (exact) mass is 554 g/mol. The van der Waals surface area contributed by atoms with Gasteiger partial charge in [0.15, 0.2) is 11.5 Å². The number of methoxy groups -OCH3 is 1. The molecule has 2 saturated heterocycles. The molecule has 6 rings (SSSR count). The smallest absolute Gasteiger partial charge is 0.256 e. The van der Waals surface area contributed by atoms with Gasteiger partial charge in [-0.15, -0.1) is 0 Å². The van der Waals surface area contributed by atoms with Crippen LogP contribution in [0.25, 0.3) is 10.8 Å². The molecule has 2 fully saturated rings. The number of rotatable bonds is 11. The van der Waals surface area contributed by atoms with E-state index in [2.05, 4.69) is 45.1 Å². The van der Waals surface area contributed by atoms with Crippen LogP contribution < -0.4 is 9.47 Å². The van der Waals surface area contributed by atoms with Crippen molar-refractivity contribution < 1.29 is 14.3 Å². The van der Waals surface area contributed by atoms with Crippen LogP contribution in [0.1, 0.15) is 54.4 Å². The SMILES string of the molecule is COc1cc2cc3c(cc2cc1OCCCCCCN1CCN(Cc2ccccc2)CC1)C(=O)N1CCC[C@H]1C=N3. The second kappa shape index (κ2) is 13.0. The molecule has 216 valence electrons. The van der Waals surface area contributed by atoms with Gasteiger partial charge in [0, 0.05) is 45.5 Å². The van der Waals surface area contributed by atoms with Gasteiger partial charge in [0.2, 0.25) is 0 Å². The van der Waals surface area contributed by atoms with Crippen LogP contribution in [0.3, 0.4) is 0 Å². The average Bonchev–Trinajstić information content (AvgIpc) is 3.44. The number of hydrogen-bond donors (Lipinski definition) is 0. The normalized spacial score (nSPS) is 19.3. The molecule has 0 unspecified atom stereocenters. The Morgan fingerprint density at radius 1 is 0.854 bits per heavy atom. The van der Waals surface area contributed by atoms with E-state index in [1.54, 1.807) is 7.11 Å². The number of fused-ring (bicyclic) bond motifs is 3. The Morgan fingerprint density at radius 3 is 2.44 bits per heavy atom. The third kappa shape index (κ3) is 6.57. The van der Waals surface area contributed by atoms with Gasteiger partial charge < -0.3 is 19.3 Å². The molecule has 0 radical (unpaired) electrons. The first-order chi connectivity index (χ1) is 20.2. The summed E-state index contributed by atoms with van der Waals surface area (Å²) in [6, 6.07) is 18.9. The number of unbranched alkanes of at least 4 members (excludes halogenated alkanes) is 3. The van der Waals surface area contributed by atoms with Crippen LogP contribution in [0.15, 0.2) is 59.6 Å². The van der Waals surface area contributed by atoms with Crippen molar-refractivity contribution in [3.8, 4) is 11.5 Å². The first-order valence-corrected chi connectivity index (χ1v) is 15.3. The number of aliphatic imine (C=N–C) groups is 1. The van der Waals surface area contributed by atoms with E-state index in [0.717, 1.165) is 87.2 Å². The maximum absolute atomic E-state index is 13.2. The molecule has 0 aromatic heterocycles. The molecule has 3 aromatic carbocycles. The van der Waals surface area contributed by atoms with Crippen molar-refractivity contribution in [3.05, 3.63) is 65.7 Å². The van der Waals surface area contributed by atoms with Crippen LogP contribution >= 0.6 is 0 Å². The molecule has 3 aliphatic rings. The number of ether oxygens (including phenoxy) is 2. The van der Waals surface area contributed by atoms with Crippen molar-refractivity contribution in [2.24, 2.45) is 4.99 Å². The minimum absolute atomic E-state index is 0.0780. The van der Waals surface area contributed by atoms with Gasteiger partial charge in [0.05, 0.1) is 31.0 Å². The van der Waals surface area contributed by atoms with Crippen molar-refractivity contribution in [1.82, 2.24) is 14.7 Å². The number of carbonyl (C=O) groups is 1. The Labute approximate surface area is 243 Å². The fraction of sp³-hybridized carbons (Fsp3) is 0.471. The fourth-order valence-corrected chi connectivity index (χ4v) is 6.35. The quantitative estimate of drug-likeness (QED) is 0.275. The lowest BCUT2D eigenvalue weighted by molar-refractivity contribution is 0.0775. The van der Waals surface area contributed by atoms with Gasteiger partial charge in [-0.1, -0.05) is 43.2 Å². The van der Waals surface area contributed by atoms with Crippen LogP contribution in [0.5, 0.6) is 11.5 Å². The molecular formula is C34H42N4O3. The molecule has 3 aromatic rings. The maximum Gasteiger partial charge on any atom is 0.256 e. The molecule has 0 saturated carbocycles. The van der Waals surface area contributed by atoms with Crippen LogP contribution in [-0.4, -0.2) is 85.8 Å². The summed E-state index contributed by atoms with van der Waals surface area (Å²) in [5.41, 5.74) is 2.82. The number of benzene rings is 3. The lowest BCUT2D eigenvalue weighted by atomic mass is 10.0. The largest absolute Gasteiger partial charge is 0.493 e. The van der Waals surface area contributed by atoms with Gasteiger partial charge in [-0.3, -0.25) is 14.7 Å².